The van der Waals surface area contributed by atoms with Crippen LogP contribution in [0, 0.1) is 0 Å². The molecule has 20 heavy (non-hydrogen) atoms. The minimum Gasteiger partial charge on any atom is -0.384 e. The van der Waals surface area contributed by atoms with E-state index in [4.69, 9.17) is 40.5 Å². The van der Waals surface area contributed by atoms with Crippen LogP contribution in [0.1, 0.15) is 5.56 Å². The number of pyridine rings is 1. The number of benzene rings is 1. The summed E-state index contributed by atoms with van der Waals surface area (Å²) < 4.78 is 39.0. The van der Waals surface area contributed by atoms with Gasteiger partial charge in [0.15, 0.2) is 0 Å². The lowest BCUT2D eigenvalue weighted by Gasteiger charge is -2.15. The molecular formula is C12H6Cl3F3N2. The van der Waals surface area contributed by atoms with Gasteiger partial charge in [-0.1, -0.05) is 40.9 Å². The molecule has 1 aromatic heterocycles. The minimum absolute atomic E-state index is 0.0191. The topological polar surface area (TPSA) is 38.9 Å². The first-order chi connectivity index (χ1) is 9.21. The summed E-state index contributed by atoms with van der Waals surface area (Å²) in [6.07, 6.45) is -3.94. The molecule has 0 unspecified atom stereocenters. The zero-order valence-electron chi connectivity index (χ0n) is 9.60. The van der Waals surface area contributed by atoms with Gasteiger partial charge in [0.2, 0.25) is 0 Å². The number of alkyl halides is 3. The number of hydrogen-bond acceptors (Lipinski definition) is 2. The van der Waals surface area contributed by atoms with Crippen molar-refractivity contribution in [1.82, 2.24) is 4.98 Å². The van der Waals surface area contributed by atoms with Crippen LogP contribution in [0.4, 0.5) is 19.0 Å². The molecule has 106 valence electrons. The Kier molecular flexibility index (Phi) is 4.04. The first-order valence-electron chi connectivity index (χ1n) is 5.18. The largest absolute Gasteiger partial charge is 0.418 e. The molecule has 0 spiro atoms. The highest BCUT2D eigenvalue weighted by Gasteiger charge is 2.35. The lowest BCUT2D eigenvalue weighted by molar-refractivity contribution is -0.137. The standard InChI is InChI=1S/C12H6Cl3F3N2/c13-8-2-1-5(10(14)11(8)15)6-3-9(19)20-4-7(6)12(16,17)18/h1-4H,(H2,19,20). The normalized spacial score (nSPS) is 11.7. The Bertz CT molecular complexity index is 672. The van der Waals surface area contributed by atoms with Crippen molar-refractivity contribution in [1.29, 1.82) is 0 Å². The molecule has 1 heterocycles. The molecule has 0 amide bonds. The number of rotatable bonds is 1. The van der Waals surface area contributed by atoms with Gasteiger partial charge >= 0.3 is 6.18 Å². The quantitative estimate of drug-likeness (QED) is 0.714. The van der Waals surface area contributed by atoms with Crippen LogP contribution >= 0.6 is 34.8 Å². The zero-order chi connectivity index (χ0) is 15.1. The van der Waals surface area contributed by atoms with E-state index >= 15 is 0 Å². The molecule has 2 aromatic rings. The summed E-state index contributed by atoms with van der Waals surface area (Å²) in [5, 5.41) is 0.0561. The van der Waals surface area contributed by atoms with E-state index in [-0.39, 0.29) is 32.0 Å². The van der Waals surface area contributed by atoms with Crippen molar-refractivity contribution in [2.75, 3.05) is 5.73 Å². The van der Waals surface area contributed by atoms with Gasteiger partial charge in [0.25, 0.3) is 0 Å². The van der Waals surface area contributed by atoms with Gasteiger partial charge in [-0.3, -0.25) is 0 Å². The average molecular weight is 342 g/mol. The average Bonchev–Trinajstić information content (AvgIpc) is 2.34. The Morgan fingerprint density at radius 2 is 1.65 bits per heavy atom. The van der Waals surface area contributed by atoms with Gasteiger partial charge in [0.05, 0.1) is 20.6 Å². The fourth-order valence-corrected chi connectivity index (χ4v) is 2.29. The summed E-state index contributed by atoms with van der Waals surface area (Å²) in [5.41, 5.74) is 4.38. The lowest BCUT2D eigenvalue weighted by atomic mass is 10.0. The Labute approximate surface area is 127 Å². The molecule has 0 saturated carbocycles. The summed E-state index contributed by atoms with van der Waals surface area (Å²) in [5.74, 6) is -0.0601. The maximum absolute atomic E-state index is 13.0. The number of anilines is 1. The van der Waals surface area contributed by atoms with E-state index in [9.17, 15) is 13.2 Å². The van der Waals surface area contributed by atoms with Crippen molar-refractivity contribution in [2.24, 2.45) is 0 Å². The van der Waals surface area contributed by atoms with Gasteiger partial charge in [-0.05, 0) is 12.1 Å². The first kappa shape index (κ1) is 15.2. The van der Waals surface area contributed by atoms with E-state index in [0.29, 0.717) is 6.20 Å². The van der Waals surface area contributed by atoms with Crippen LogP contribution in [0.15, 0.2) is 24.4 Å². The molecule has 8 heteroatoms. The minimum atomic E-state index is -4.59. The van der Waals surface area contributed by atoms with Crippen LogP contribution in [0.5, 0.6) is 0 Å². The second kappa shape index (κ2) is 5.31. The van der Waals surface area contributed by atoms with Gasteiger partial charge in [-0.15, -0.1) is 0 Å². The van der Waals surface area contributed by atoms with Gasteiger partial charge in [0, 0.05) is 17.3 Å². The van der Waals surface area contributed by atoms with E-state index in [1.165, 1.54) is 12.1 Å². The summed E-state index contributed by atoms with van der Waals surface area (Å²) in [6, 6.07) is 3.80. The zero-order valence-corrected chi connectivity index (χ0v) is 11.9. The van der Waals surface area contributed by atoms with E-state index in [1.807, 2.05) is 0 Å². The molecule has 0 saturated heterocycles. The van der Waals surface area contributed by atoms with Gasteiger partial charge in [-0.2, -0.15) is 13.2 Å². The molecule has 0 aliphatic heterocycles. The molecular weight excluding hydrogens is 335 g/mol. The number of nitrogens with zero attached hydrogens (tertiary/aromatic N) is 1. The van der Waals surface area contributed by atoms with Gasteiger partial charge in [-0.25, -0.2) is 4.98 Å². The summed E-state index contributed by atoms with van der Waals surface area (Å²) in [4.78, 5) is 3.46. The number of hydrogen-bond donors (Lipinski definition) is 1. The van der Waals surface area contributed by atoms with Crippen molar-refractivity contribution in [3.63, 3.8) is 0 Å². The highest BCUT2D eigenvalue weighted by Crippen LogP contribution is 2.43. The fourth-order valence-electron chi connectivity index (χ4n) is 1.65. The highest BCUT2D eigenvalue weighted by atomic mass is 35.5. The van der Waals surface area contributed by atoms with E-state index in [0.717, 1.165) is 6.07 Å². The van der Waals surface area contributed by atoms with Crippen LogP contribution in [0.2, 0.25) is 15.1 Å². The molecule has 0 aliphatic rings. The molecule has 1 aromatic carbocycles. The van der Waals surface area contributed by atoms with Crippen LogP contribution in [-0.4, -0.2) is 4.98 Å². The Balaban J connectivity index is 2.76. The molecule has 2 N–H and O–H groups in total. The van der Waals surface area contributed by atoms with E-state index < -0.39 is 11.7 Å². The maximum atomic E-state index is 13.0. The third kappa shape index (κ3) is 2.80. The van der Waals surface area contributed by atoms with Crippen molar-refractivity contribution in [3.05, 3.63) is 45.0 Å². The number of halogens is 6. The Morgan fingerprint density at radius 3 is 2.25 bits per heavy atom. The van der Waals surface area contributed by atoms with Crippen LogP contribution < -0.4 is 5.73 Å². The van der Waals surface area contributed by atoms with E-state index in [2.05, 4.69) is 4.98 Å². The van der Waals surface area contributed by atoms with E-state index in [1.54, 1.807) is 0 Å². The first-order valence-corrected chi connectivity index (χ1v) is 6.31. The molecule has 0 radical (unpaired) electrons. The molecule has 2 nitrogen and oxygen atoms in total. The number of nitrogens with two attached hydrogens (primary N) is 1. The second-order valence-corrected chi connectivity index (χ2v) is 5.04. The lowest BCUT2D eigenvalue weighted by Crippen LogP contribution is -2.09. The molecule has 0 fully saturated rings. The SMILES string of the molecule is Nc1cc(-c2ccc(Cl)c(Cl)c2Cl)c(C(F)(F)F)cn1. The van der Waals surface area contributed by atoms with Crippen molar-refractivity contribution >= 4 is 40.6 Å². The third-order valence-electron chi connectivity index (χ3n) is 2.56. The maximum Gasteiger partial charge on any atom is 0.418 e. The number of nitrogen functional groups attached to an aromatic ring is 1. The summed E-state index contributed by atoms with van der Waals surface area (Å²) in [7, 11) is 0. The molecule has 0 atom stereocenters. The Morgan fingerprint density at radius 1 is 1.00 bits per heavy atom. The third-order valence-corrected chi connectivity index (χ3v) is 3.85. The van der Waals surface area contributed by atoms with Gasteiger partial charge in [0.1, 0.15) is 5.82 Å². The highest BCUT2D eigenvalue weighted by molar-refractivity contribution is 6.49. The van der Waals surface area contributed by atoms with Crippen LogP contribution in [-0.2, 0) is 6.18 Å². The van der Waals surface area contributed by atoms with Crippen molar-refractivity contribution < 1.29 is 13.2 Å². The van der Waals surface area contributed by atoms with Crippen LogP contribution in [0.25, 0.3) is 11.1 Å². The predicted molar refractivity (Wildman–Crippen MR) is 74.1 cm³/mol. The van der Waals surface area contributed by atoms with Gasteiger partial charge < -0.3 is 5.73 Å². The summed E-state index contributed by atoms with van der Waals surface area (Å²) in [6.45, 7) is 0. The smallest absolute Gasteiger partial charge is 0.384 e. The fraction of sp³-hybridized carbons (Fsp3) is 0.0833. The molecule has 2 rings (SSSR count). The monoisotopic (exact) mass is 340 g/mol. The molecule has 0 aliphatic carbocycles. The Hall–Kier alpha value is -1.17. The number of aromatic nitrogens is 1. The van der Waals surface area contributed by atoms with Crippen LogP contribution in [0.3, 0.4) is 0 Å². The second-order valence-electron chi connectivity index (χ2n) is 3.88. The summed E-state index contributed by atoms with van der Waals surface area (Å²) >= 11 is 17.6. The van der Waals surface area contributed by atoms with Crippen molar-refractivity contribution in [2.45, 2.75) is 6.18 Å². The molecule has 0 bridgehead atoms. The predicted octanol–water partition coefficient (Wildman–Crippen LogP) is 5.31. The van der Waals surface area contributed by atoms with Crippen molar-refractivity contribution in [3.8, 4) is 11.1 Å².